The number of nitrogens with one attached hydrogen (secondary N) is 1. The quantitative estimate of drug-likeness (QED) is 0.925. The Balaban J connectivity index is 2.40. The molecule has 0 aromatic heterocycles. The topological polar surface area (TPSA) is 33.7 Å². The summed E-state index contributed by atoms with van der Waals surface area (Å²) in [5, 5.41) is 3.43. The van der Waals surface area contributed by atoms with E-state index in [2.05, 4.69) is 43.1 Å². The molecule has 21 heavy (non-hydrogen) atoms. The van der Waals surface area contributed by atoms with Crippen molar-refractivity contribution in [3.63, 3.8) is 0 Å². The Morgan fingerprint density at radius 1 is 1.00 bits per heavy atom. The van der Waals surface area contributed by atoms with E-state index in [1.54, 1.807) is 14.2 Å². The fourth-order valence-corrected chi connectivity index (χ4v) is 3.19. The molecule has 1 heterocycles. The molecule has 1 fully saturated rings. The normalized spacial score (nSPS) is 18.3. The van der Waals surface area contributed by atoms with Gasteiger partial charge < -0.3 is 14.8 Å². The molecular weight excluding hydrogens is 264 g/mol. The zero-order valence-corrected chi connectivity index (χ0v) is 13.9. The van der Waals surface area contributed by atoms with Gasteiger partial charge in [0.25, 0.3) is 0 Å². The monoisotopic (exact) mass is 292 g/mol. The SMILES string of the molecule is COc1cc(OC)cc([C@@H](N2CCNCC2)C(C)(C)C)c1. The van der Waals surface area contributed by atoms with Crippen molar-refractivity contribution in [1.29, 1.82) is 0 Å². The van der Waals surface area contributed by atoms with Gasteiger partial charge in [-0.25, -0.2) is 0 Å². The van der Waals surface area contributed by atoms with Crippen molar-refractivity contribution in [1.82, 2.24) is 10.2 Å². The summed E-state index contributed by atoms with van der Waals surface area (Å²) in [5.74, 6) is 1.71. The third-order valence-corrected chi connectivity index (χ3v) is 4.03. The highest BCUT2D eigenvalue weighted by Crippen LogP contribution is 2.40. The maximum atomic E-state index is 5.44. The van der Waals surface area contributed by atoms with Crippen molar-refractivity contribution in [2.45, 2.75) is 26.8 Å². The second-order valence-corrected chi connectivity index (χ2v) is 6.70. The van der Waals surface area contributed by atoms with Crippen LogP contribution in [0.4, 0.5) is 0 Å². The van der Waals surface area contributed by atoms with E-state index >= 15 is 0 Å². The lowest BCUT2D eigenvalue weighted by Crippen LogP contribution is -2.48. The summed E-state index contributed by atoms with van der Waals surface area (Å²) in [7, 11) is 3.41. The van der Waals surface area contributed by atoms with Gasteiger partial charge in [0.05, 0.1) is 14.2 Å². The molecule has 1 N–H and O–H groups in total. The molecule has 2 rings (SSSR count). The standard InChI is InChI=1S/C17H28N2O2/c1-17(2,3)16(19-8-6-18-7-9-19)13-10-14(20-4)12-15(11-13)21-5/h10-12,16,18H,6-9H2,1-5H3/t16-/m1/s1. The molecule has 0 aliphatic carbocycles. The van der Waals surface area contributed by atoms with E-state index in [1.807, 2.05) is 6.07 Å². The van der Waals surface area contributed by atoms with Crippen molar-refractivity contribution in [3.8, 4) is 11.5 Å². The Hall–Kier alpha value is -1.26. The van der Waals surface area contributed by atoms with E-state index in [0.717, 1.165) is 37.7 Å². The Kier molecular flexibility index (Phi) is 5.12. The van der Waals surface area contributed by atoms with Crippen LogP contribution < -0.4 is 14.8 Å². The molecule has 1 aliphatic rings. The van der Waals surface area contributed by atoms with Crippen molar-refractivity contribution in [3.05, 3.63) is 23.8 Å². The van der Waals surface area contributed by atoms with Gasteiger partial charge >= 0.3 is 0 Å². The average molecular weight is 292 g/mol. The number of piperazine rings is 1. The highest BCUT2D eigenvalue weighted by atomic mass is 16.5. The first kappa shape index (κ1) is 16.1. The molecule has 0 radical (unpaired) electrons. The fourth-order valence-electron chi connectivity index (χ4n) is 3.19. The maximum absolute atomic E-state index is 5.44. The second-order valence-electron chi connectivity index (χ2n) is 6.70. The number of ether oxygens (including phenoxy) is 2. The van der Waals surface area contributed by atoms with Crippen LogP contribution in [0.3, 0.4) is 0 Å². The summed E-state index contributed by atoms with van der Waals surface area (Å²) in [6.45, 7) is 11.1. The lowest BCUT2D eigenvalue weighted by molar-refractivity contribution is 0.0859. The average Bonchev–Trinajstić information content (AvgIpc) is 2.46. The van der Waals surface area contributed by atoms with Gasteiger partial charge in [0.2, 0.25) is 0 Å². The molecule has 1 atom stereocenters. The van der Waals surface area contributed by atoms with E-state index < -0.39 is 0 Å². The van der Waals surface area contributed by atoms with Crippen LogP contribution in [-0.4, -0.2) is 45.3 Å². The molecular formula is C17H28N2O2. The Labute approximate surface area is 128 Å². The maximum Gasteiger partial charge on any atom is 0.122 e. The molecule has 4 nitrogen and oxygen atoms in total. The lowest BCUT2D eigenvalue weighted by Gasteiger charge is -2.42. The smallest absolute Gasteiger partial charge is 0.122 e. The van der Waals surface area contributed by atoms with Crippen LogP contribution in [0.5, 0.6) is 11.5 Å². The van der Waals surface area contributed by atoms with Crippen molar-refractivity contribution < 1.29 is 9.47 Å². The third-order valence-electron chi connectivity index (χ3n) is 4.03. The van der Waals surface area contributed by atoms with Crippen LogP contribution in [0.25, 0.3) is 0 Å². The molecule has 1 aliphatic heterocycles. The Morgan fingerprint density at radius 3 is 1.95 bits per heavy atom. The number of methoxy groups -OCH3 is 2. The zero-order chi connectivity index (χ0) is 15.5. The van der Waals surface area contributed by atoms with Crippen molar-refractivity contribution in [2.24, 2.45) is 5.41 Å². The summed E-state index contributed by atoms with van der Waals surface area (Å²) in [6, 6.07) is 6.56. The summed E-state index contributed by atoms with van der Waals surface area (Å²) in [5.41, 5.74) is 1.41. The van der Waals surface area contributed by atoms with Crippen LogP contribution in [-0.2, 0) is 0 Å². The second kappa shape index (κ2) is 6.67. The molecule has 0 unspecified atom stereocenters. The first-order valence-electron chi connectivity index (χ1n) is 7.63. The van der Waals surface area contributed by atoms with Crippen molar-refractivity contribution >= 4 is 0 Å². The fraction of sp³-hybridized carbons (Fsp3) is 0.647. The molecule has 0 amide bonds. The number of rotatable bonds is 4. The third kappa shape index (κ3) is 3.89. The highest BCUT2D eigenvalue weighted by Gasteiger charge is 2.33. The number of nitrogens with zero attached hydrogens (tertiary/aromatic N) is 1. The Morgan fingerprint density at radius 2 is 1.52 bits per heavy atom. The molecule has 1 aromatic carbocycles. The van der Waals surface area contributed by atoms with Crippen molar-refractivity contribution in [2.75, 3.05) is 40.4 Å². The van der Waals surface area contributed by atoms with E-state index in [-0.39, 0.29) is 5.41 Å². The summed E-state index contributed by atoms with van der Waals surface area (Å²) in [4.78, 5) is 2.56. The van der Waals surface area contributed by atoms with E-state index in [0.29, 0.717) is 6.04 Å². The molecule has 1 aromatic rings. The number of benzene rings is 1. The zero-order valence-electron chi connectivity index (χ0n) is 13.9. The van der Waals surface area contributed by atoms with Gasteiger partial charge in [0.1, 0.15) is 11.5 Å². The largest absolute Gasteiger partial charge is 0.497 e. The Bertz CT molecular complexity index is 440. The van der Waals surface area contributed by atoms with Gasteiger partial charge in [0, 0.05) is 38.3 Å². The van der Waals surface area contributed by atoms with Gasteiger partial charge in [-0.05, 0) is 23.1 Å². The highest BCUT2D eigenvalue weighted by molar-refractivity contribution is 5.40. The number of hydrogen-bond acceptors (Lipinski definition) is 4. The summed E-state index contributed by atoms with van der Waals surface area (Å²) in [6.07, 6.45) is 0. The first-order chi connectivity index (χ1) is 9.95. The predicted molar refractivity (Wildman–Crippen MR) is 86.2 cm³/mol. The van der Waals surface area contributed by atoms with E-state index in [9.17, 15) is 0 Å². The van der Waals surface area contributed by atoms with Gasteiger partial charge in [-0.15, -0.1) is 0 Å². The van der Waals surface area contributed by atoms with E-state index in [1.165, 1.54) is 5.56 Å². The molecule has 118 valence electrons. The lowest BCUT2D eigenvalue weighted by atomic mass is 9.80. The minimum absolute atomic E-state index is 0.148. The van der Waals surface area contributed by atoms with Gasteiger partial charge in [-0.1, -0.05) is 20.8 Å². The van der Waals surface area contributed by atoms with Crippen LogP contribution in [0, 0.1) is 5.41 Å². The van der Waals surface area contributed by atoms with Crippen LogP contribution >= 0.6 is 0 Å². The molecule has 0 saturated carbocycles. The van der Waals surface area contributed by atoms with E-state index in [4.69, 9.17) is 9.47 Å². The molecule has 0 bridgehead atoms. The van der Waals surface area contributed by atoms with Gasteiger partial charge in [0.15, 0.2) is 0 Å². The van der Waals surface area contributed by atoms with Gasteiger partial charge in [-0.3, -0.25) is 4.90 Å². The predicted octanol–water partition coefficient (Wildman–Crippen LogP) is 2.70. The minimum Gasteiger partial charge on any atom is -0.497 e. The van der Waals surface area contributed by atoms with Gasteiger partial charge in [-0.2, -0.15) is 0 Å². The summed E-state index contributed by atoms with van der Waals surface area (Å²) < 4.78 is 10.9. The molecule has 4 heteroatoms. The molecule has 1 saturated heterocycles. The minimum atomic E-state index is 0.148. The van der Waals surface area contributed by atoms with Crippen LogP contribution in [0.1, 0.15) is 32.4 Å². The van der Waals surface area contributed by atoms with Crippen LogP contribution in [0.2, 0.25) is 0 Å². The van der Waals surface area contributed by atoms with Crippen LogP contribution in [0.15, 0.2) is 18.2 Å². The number of hydrogen-bond donors (Lipinski definition) is 1. The first-order valence-corrected chi connectivity index (χ1v) is 7.63. The molecule has 0 spiro atoms. The summed E-state index contributed by atoms with van der Waals surface area (Å²) >= 11 is 0.